The monoisotopic (exact) mass is 138 g/mol. The van der Waals surface area contributed by atoms with Crippen molar-refractivity contribution in [2.75, 3.05) is 7.11 Å². The molecule has 54 valence electrons. The van der Waals surface area contributed by atoms with Gasteiger partial charge in [0.05, 0.1) is 12.3 Å². The van der Waals surface area contributed by atoms with Crippen LogP contribution in [0.25, 0.3) is 0 Å². The first kappa shape index (κ1) is 7.34. The molecule has 0 bridgehead atoms. The lowest BCUT2D eigenvalue weighted by molar-refractivity contribution is 0.181. The Hall–Kier alpha value is -0.765. The first-order chi connectivity index (χ1) is 4.74. The van der Waals surface area contributed by atoms with Crippen LogP contribution in [0, 0.1) is 0 Å². The van der Waals surface area contributed by atoms with Gasteiger partial charge in [-0.3, -0.25) is 4.68 Å². The molecule has 0 aromatic carbocycles. The van der Waals surface area contributed by atoms with Crippen LogP contribution in [0.5, 0.6) is 0 Å². The third-order valence-electron chi connectivity index (χ3n) is 1.40. The zero-order chi connectivity index (χ0) is 7.56. The zero-order valence-electron chi connectivity index (χ0n) is 6.59. The topological polar surface area (TPSA) is 27.1 Å². The summed E-state index contributed by atoms with van der Waals surface area (Å²) in [7, 11) is 5.61. The fraction of sp³-hybridized carbons (Fsp3) is 0.500. The summed E-state index contributed by atoms with van der Waals surface area (Å²) in [4.78, 5) is 0. The standard InChI is InChI=1S/C6H11BN2O/c1-9-3-5(7)6(8-9)4-10-2/h3H,4,7H2,1-2H3. The highest BCUT2D eigenvalue weighted by atomic mass is 16.5. The van der Waals surface area contributed by atoms with Crippen molar-refractivity contribution in [3.05, 3.63) is 11.9 Å². The van der Waals surface area contributed by atoms with Crippen molar-refractivity contribution in [1.29, 1.82) is 0 Å². The molecule has 0 saturated heterocycles. The van der Waals surface area contributed by atoms with Crippen LogP contribution in [-0.2, 0) is 18.4 Å². The highest BCUT2D eigenvalue weighted by molar-refractivity contribution is 6.32. The van der Waals surface area contributed by atoms with Crippen LogP contribution in [0.15, 0.2) is 6.20 Å². The second-order valence-corrected chi connectivity index (χ2v) is 2.37. The summed E-state index contributed by atoms with van der Waals surface area (Å²) < 4.78 is 6.74. The third kappa shape index (κ3) is 1.39. The maximum absolute atomic E-state index is 4.95. The van der Waals surface area contributed by atoms with E-state index in [2.05, 4.69) is 5.10 Å². The van der Waals surface area contributed by atoms with Gasteiger partial charge in [-0.05, 0) is 5.46 Å². The van der Waals surface area contributed by atoms with Crippen LogP contribution in [0.4, 0.5) is 0 Å². The summed E-state index contributed by atoms with van der Waals surface area (Å²) in [6, 6.07) is 0. The lowest BCUT2D eigenvalue weighted by Gasteiger charge is -1.93. The van der Waals surface area contributed by atoms with Gasteiger partial charge in [0.2, 0.25) is 0 Å². The van der Waals surface area contributed by atoms with Crippen LogP contribution in [-0.4, -0.2) is 24.7 Å². The Labute approximate surface area is 61.4 Å². The molecule has 10 heavy (non-hydrogen) atoms. The largest absolute Gasteiger partial charge is 0.378 e. The molecule has 0 atom stereocenters. The first-order valence-corrected chi connectivity index (χ1v) is 3.22. The van der Waals surface area contributed by atoms with E-state index in [0.29, 0.717) is 6.61 Å². The minimum atomic E-state index is 0.604. The molecule has 1 heterocycles. The summed E-state index contributed by atoms with van der Waals surface area (Å²) in [6.45, 7) is 0.604. The quantitative estimate of drug-likeness (QED) is 0.481. The minimum Gasteiger partial charge on any atom is -0.378 e. The molecule has 0 radical (unpaired) electrons. The molecule has 4 heteroatoms. The molecule has 1 aromatic heterocycles. The third-order valence-corrected chi connectivity index (χ3v) is 1.40. The van der Waals surface area contributed by atoms with Crippen molar-refractivity contribution in [3.63, 3.8) is 0 Å². The van der Waals surface area contributed by atoms with Crippen LogP contribution in [0.2, 0.25) is 0 Å². The highest BCUT2D eigenvalue weighted by Gasteiger charge is 2.00. The van der Waals surface area contributed by atoms with Gasteiger partial charge in [0.15, 0.2) is 0 Å². The molecule has 1 rings (SSSR count). The molecule has 0 aliphatic heterocycles. The molecule has 0 fully saturated rings. The van der Waals surface area contributed by atoms with Crippen molar-refractivity contribution < 1.29 is 4.74 Å². The van der Waals surface area contributed by atoms with E-state index in [-0.39, 0.29) is 0 Å². The van der Waals surface area contributed by atoms with E-state index in [9.17, 15) is 0 Å². The van der Waals surface area contributed by atoms with Gasteiger partial charge in [-0.25, -0.2) is 0 Å². The van der Waals surface area contributed by atoms with Gasteiger partial charge in [0, 0.05) is 20.4 Å². The number of methoxy groups -OCH3 is 1. The Bertz CT molecular complexity index is 222. The van der Waals surface area contributed by atoms with Crippen LogP contribution in [0.1, 0.15) is 5.69 Å². The maximum atomic E-state index is 4.95. The number of hydrogen-bond acceptors (Lipinski definition) is 2. The molecular formula is C6H11BN2O. The summed E-state index contributed by atoms with van der Waals surface area (Å²) in [6.07, 6.45) is 1.98. The zero-order valence-corrected chi connectivity index (χ0v) is 6.59. The Morgan fingerprint density at radius 2 is 2.50 bits per heavy atom. The van der Waals surface area contributed by atoms with Gasteiger partial charge >= 0.3 is 0 Å². The predicted molar refractivity (Wildman–Crippen MR) is 42.1 cm³/mol. The molecule has 0 unspecified atom stereocenters. The molecule has 3 nitrogen and oxygen atoms in total. The molecule has 0 spiro atoms. The van der Waals surface area contributed by atoms with Gasteiger partial charge in [-0.15, -0.1) is 0 Å². The number of rotatable bonds is 2. The number of aromatic nitrogens is 2. The molecule has 1 aromatic rings. The lowest BCUT2D eigenvalue weighted by atomic mass is 9.97. The average molecular weight is 138 g/mol. The molecule has 0 aliphatic rings. The Morgan fingerprint density at radius 3 is 2.90 bits per heavy atom. The average Bonchev–Trinajstić information content (AvgIpc) is 2.13. The van der Waals surface area contributed by atoms with E-state index in [1.807, 2.05) is 21.1 Å². The molecule has 0 saturated carbocycles. The van der Waals surface area contributed by atoms with Crippen molar-refractivity contribution in [3.8, 4) is 0 Å². The summed E-state index contributed by atoms with van der Waals surface area (Å²) in [5, 5.41) is 4.19. The number of aryl methyl sites for hydroxylation is 1. The van der Waals surface area contributed by atoms with Crippen molar-refractivity contribution in [1.82, 2.24) is 9.78 Å². The lowest BCUT2D eigenvalue weighted by Crippen LogP contribution is -2.06. The summed E-state index contributed by atoms with van der Waals surface area (Å²) in [5.41, 5.74) is 2.20. The molecular weight excluding hydrogens is 127 g/mol. The van der Waals surface area contributed by atoms with Gasteiger partial charge in [-0.1, -0.05) is 0 Å². The normalized spacial score (nSPS) is 10.2. The van der Waals surface area contributed by atoms with Gasteiger partial charge in [0.25, 0.3) is 0 Å². The summed E-state index contributed by atoms with van der Waals surface area (Å²) >= 11 is 0. The van der Waals surface area contributed by atoms with Crippen LogP contribution < -0.4 is 5.46 Å². The maximum Gasteiger partial charge on any atom is 0.143 e. The fourth-order valence-corrected chi connectivity index (χ4v) is 0.932. The molecule has 0 N–H and O–H groups in total. The summed E-state index contributed by atoms with van der Waals surface area (Å²) in [5.74, 6) is 0. The number of ether oxygens (including phenoxy) is 1. The Balaban J connectivity index is 2.81. The van der Waals surface area contributed by atoms with Gasteiger partial charge < -0.3 is 4.74 Å². The van der Waals surface area contributed by atoms with E-state index < -0.39 is 0 Å². The van der Waals surface area contributed by atoms with Crippen molar-refractivity contribution in [2.45, 2.75) is 6.61 Å². The van der Waals surface area contributed by atoms with E-state index >= 15 is 0 Å². The van der Waals surface area contributed by atoms with E-state index in [0.717, 1.165) is 5.69 Å². The van der Waals surface area contributed by atoms with E-state index in [1.165, 1.54) is 5.46 Å². The fourth-order valence-electron chi connectivity index (χ4n) is 0.932. The van der Waals surface area contributed by atoms with Crippen LogP contribution in [0.3, 0.4) is 0 Å². The SMILES string of the molecule is Bc1cn(C)nc1COC. The second kappa shape index (κ2) is 2.88. The van der Waals surface area contributed by atoms with Gasteiger partial charge in [-0.2, -0.15) is 5.10 Å². The molecule has 0 aliphatic carbocycles. The Kier molecular flexibility index (Phi) is 2.11. The van der Waals surface area contributed by atoms with Gasteiger partial charge in [0.1, 0.15) is 7.85 Å². The predicted octanol–water partition coefficient (Wildman–Crippen LogP) is -1.18. The van der Waals surface area contributed by atoms with Crippen LogP contribution >= 0.6 is 0 Å². The highest BCUT2D eigenvalue weighted by Crippen LogP contribution is 1.90. The van der Waals surface area contributed by atoms with Crippen molar-refractivity contribution in [2.24, 2.45) is 7.05 Å². The molecule has 0 amide bonds. The minimum absolute atomic E-state index is 0.604. The van der Waals surface area contributed by atoms with E-state index in [1.54, 1.807) is 11.8 Å². The van der Waals surface area contributed by atoms with E-state index in [4.69, 9.17) is 4.74 Å². The van der Waals surface area contributed by atoms with Crippen molar-refractivity contribution >= 4 is 13.3 Å². The first-order valence-electron chi connectivity index (χ1n) is 3.22. The Morgan fingerprint density at radius 1 is 1.80 bits per heavy atom. The smallest absolute Gasteiger partial charge is 0.143 e. The number of nitrogens with zero attached hydrogens (tertiary/aromatic N) is 2. The number of hydrogen-bond donors (Lipinski definition) is 0. The second-order valence-electron chi connectivity index (χ2n) is 2.37.